The summed E-state index contributed by atoms with van der Waals surface area (Å²) < 4.78 is 49.4. The van der Waals surface area contributed by atoms with Crippen LogP contribution in [0.3, 0.4) is 0 Å². The highest BCUT2D eigenvalue weighted by Crippen LogP contribution is 2.10. The smallest absolute Gasteiger partial charge is 0.215 e. The highest BCUT2D eigenvalue weighted by Gasteiger charge is 2.10. The van der Waals surface area contributed by atoms with Crippen molar-refractivity contribution in [2.24, 2.45) is 0 Å². The first-order valence-electron chi connectivity index (χ1n) is 3.79. The first-order chi connectivity index (χ1) is 6.43. The van der Waals surface area contributed by atoms with Gasteiger partial charge in [-0.2, -0.15) is 0 Å². The fraction of sp³-hybridized carbons (Fsp3) is 0.250. The quantitative estimate of drug-likeness (QED) is 0.828. The second-order valence-corrected chi connectivity index (χ2v) is 4.67. The number of hydrogen-bond donors (Lipinski definition) is 1. The summed E-state index contributed by atoms with van der Waals surface area (Å²) in [5, 5.41) is 0. The molecule has 0 saturated heterocycles. The molecule has 1 aromatic rings. The summed E-state index contributed by atoms with van der Waals surface area (Å²) in [6, 6.07) is 2.66. The molecule has 0 radical (unpaired) electrons. The molecule has 0 amide bonds. The van der Waals surface area contributed by atoms with Crippen molar-refractivity contribution in [3.05, 3.63) is 35.4 Å². The molecule has 1 N–H and O–H groups in total. The highest BCUT2D eigenvalue weighted by atomic mass is 32.2. The van der Waals surface area contributed by atoms with Gasteiger partial charge >= 0.3 is 0 Å². The average molecular weight is 221 g/mol. The molecule has 0 aliphatic carbocycles. The van der Waals surface area contributed by atoms with Gasteiger partial charge in [-0.05, 0) is 24.7 Å². The summed E-state index contributed by atoms with van der Waals surface area (Å²) >= 11 is 0. The van der Waals surface area contributed by atoms with E-state index < -0.39 is 27.4 Å². The SMILES string of the molecule is CNS(=O)(=O)Cc1cc(F)cc(F)c1. The Hall–Kier alpha value is -1.01. The Morgan fingerprint density at radius 3 is 2.14 bits per heavy atom. The van der Waals surface area contributed by atoms with Crippen LogP contribution in [0.15, 0.2) is 18.2 Å². The Morgan fingerprint density at radius 1 is 1.21 bits per heavy atom. The minimum absolute atomic E-state index is 0.0804. The number of halogens is 2. The van der Waals surface area contributed by atoms with E-state index in [4.69, 9.17) is 0 Å². The second kappa shape index (κ2) is 4.02. The van der Waals surface area contributed by atoms with Crippen LogP contribution in [0, 0.1) is 11.6 Å². The lowest BCUT2D eigenvalue weighted by Gasteiger charge is -2.02. The molecular weight excluding hydrogens is 212 g/mol. The van der Waals surface area contributed by atoms with Crippen molar-refractivity contribution in [1.82, 2.24) is 4.72 Å². The summed E-state index contributed by atoms with van der Waals surface area (Å²) in [5.74, 6) is -2.00. The van der Waals surface area contributed by atoms with Crippen LogP contribution in [-0.4, -0.2) is 15.5 Å². The summed E-state index contributed by atoms with van der Waals surface area (Å²) in [4.78, 5) is 0. The molecule has 6 heteroatoms. The first kappa shape index (κ1) is 11.1. The lowest BCUT2D eigenvalue weighted by atomic mass is 10.2. The van der Waals surface area contributed by atoms with Crippen LogP contribution < -0.4 is 4.72 Å². The molecule has 0 aliphatic rings. The van der Waals surface area contributed by atoms with Crippen molar-refractivity contribution in [1.29, 1.82) is 0 Å². The van der Waals surface area contributed by atoms with E-state index in [2.05, 4.69) is 4.72 Å². The van der Waals surface area contributed by atoms with Gasteiger partial charge in [0.25, 0.3) is 0 Å². The van der Waals surface area contributed by atoms with Crippen molar-refractivity contribution in [3.63, 3.8) is 0 Å². The Labute approximate surface area is 80.8 Å². The van der Waals surface area contributed by atoms with Gasteiger partial charge < -0.3 is 0 Å². The zero-order chi connectivity index (χ0) is 10.8. The number of nitrogens with one attached hydrogen (secondary N) is 1. The van der Waals surface area contributed by atoms with Gasteiger partial charge in [-0.1, -0.05) is 0 Å². The molecule has 0 spiro atoms. The zero-order valence-electron chi connectivity index (χ0n) is 7.42. The standard InChI is InChI=1S/C8H9F2NO2S/c1-11-14(12,13)5-6-2-7(9)4-8(10)3-6/h2-4,11H,5H2,1H3. The summed E-state index contributed by atoms with van der Waals surface area (Å²) in [6.07, 6.45) is 0. The fourth-order valence-corrected chi connectivity index (χ4v) is 1.74. The van der Waals surface area contributed by atoms with Gasteiger partial charge in [0.2, 0.25) is 10.0 Å². The zero-order valence-corrected chi connectivity index (χ0v) is 8.24. The fourth-order valence-electron chi connectivity index (χ4n) is 0.986. The van der Waals surface area contributed by atoms with Crippen LogP contribution in [0.5, 0.6) is 0 Å². The maximum atomic E-state index is 12.7. The van der Waals surface area contributed by atoms with Crippen LogP contribution in [0.2, 0.25) is 0 Å². The van der Waals surface area contributed by atoms with Crippen molar-refractivity contribution >= 4 is 10.0 Å². The number of benzene rings is 1. The topological polar surface area (TPSA) is 46.2 Å². The van der Waals surface area contributed by atoms with Gasteiger partial charge in [-0.15, -0.1) is 0 Å². The van der Waals surface area contributed by atoms with E-state index in [9.17, 15) is 17.2 Å². The van der Waals surface area contributed by atoms with Crippen molar-refractivity contribution in [2.75, 3.05) is 7.05 Å². The maximum absolute atomic E-state index is 12.7. The number of sulfonamides is 1. The third kappa shape index (κ3) is 3.04. The minimum atomic E-state index is -3.49. The molecule has 1 aromatic carbocycles. The van der Waals surface area contributed by atoms with Crippen LogP contribution >= 0.6 is 0 Å². The van der Waals surface area contributed by atoms with E-state index >= 15 is 0 Å². The summed E-state index contributed by atoms with van der Waals surface area (Å²) in [7, 11) is -2.25. The second-order valence-electron chi connectivity index (χ2n) is 2.74. The maximum Gasteiger partial charge on any atom is 0.215 e. The van der Waals surface area contributed by atoms with E-state index in [1.807, 2.05) is 0 Å². The van der Waals surface area contributed by atoms with Crippen LogP contribution in [0.25, 0.3) is 0 Å². The van der Waals surface area contributed by atoms with Gasteiger partial charge in [0.1, 0.15) is 11.6 Å². The molecule has 14 heavy (non-hydrogen) atoms. The lowest BCUT2D eigenvalue weighted by Crippen LogP contribution is -2.20. The van der Waals surface area contributed by atoms with E-state index in [0.29, 0.717) is 6.07 Å². The molecule has 0 aliphatic heterocycles. The molecular formula is C8H9F2NO2S. The Balaban J connectivity index is 2.98. The van der Waals surface area contributed by atoms with Crippen LogP contribution in [0.4, 0.5) is 8.78 Å². The molecule has 3 nitrogen and oxygen atoms in total. The van der Waals surface area contributed by atoms with E-state index in [-0.39, 0.29) is 5.56 Å². The van der Waals surface area contributed by atoms with E-state index in [1.165, 1.54) is 7.05 Å². The average Bonchev–Trinajstić information content (AvgIpc) is 2.01. The van der Waals surface area contributed by atoms with Gasteiger partial charge in [-0.3, -0.25) is 0 Å². The van der Waals surface area contributed by atoms with Crippen molar-refractivity contribution < 1.29 is 17.2 Å². The van der Waals surface area contributed by atoms with Gasteiger partial charge in [-0.25, -0.2) is 21.9 Å². The van der Waals surface area contributed by atoms with Crippen molar-refractivity contribution in [3.8, 4) is 0 Å². The molecule has 0 aromatic heterocycles. The molecule has 0 saturated carbocycles. The summed E-state index contributed by atoms with van der Waals surface area (Å²) in [5.41, 5.74) is 0.0804. The van der Waals surface area contributed by atoms with Crippen molar-refractivity contribution in [2.45, 2.75) is 5.75 Å². The first-order valence-corrected chi connectivity index (χ1v) is 5.44. The van der Waals surface area contributed by atoms with Gasteiger partial charge in [0, 0.05) is 6.07 Å². The van der Waals surface area contributed by atoms with E-state index in [1.54, 1.807) is 0 Å². The Kier molecular flexibility index (Phi) is 3.17. The van der Waals surface area contributed by atoms with E-state index in [0.717, 1.165) is 12.1 Å². The molecule has 0 atom stereocenters. The largest absolute Gasteiger partial charge is 0.218 e. The molecule has 0 unspecified atom stereocenters. The predicted molar refractivity (Wildman–Crippen MR) is 48.0 cm³/mol. The number of hydrogen-bond acceptors (Lipinski definition) is 2. The Bertz CT molecular complexity index is 411. The Morgan fingerprint density at radius 2 is 1.71 bits per heavy atom. The van der Waals surface area contributed by atoms with Gasteiger partial charge in [0.15, 0.2) is 0 Å². The molecule has 0 heterocycles. The third-order valence-corrected chi connectivity index (χ3v) is 2.93. The molecule has 0 fully saturated rings. The predicted octanol–water partition coefficient (Wildman–Crippen LogP) is 1.01. The van der Waals surface area contributed by atoms with Crippen LogP contribution in [0.1, 0.15) is 5.56 Å². The monoisotopic (exact) mass is 221 g/mol. The van der Waals surface area contributed by atoms with Gasteiger partial charge in [0.05, 0.1) is 5.75 Å². The number of rotatable bonds is 3. The normalized spacial score (nSPS) is 11.6. The minimum Gasteiger partial charge on any atom is -0.218 e. The molecule has 0 bridgehead atoms. The third-order valence-electron chi connectivity index (χ3n) is 1.59. The highest BCUT2D eigenvalue weighted by molar-refractivity contribution is 7.88. The molecule has 1 rings (SSSR count). The molecule has 78 valence electrons. The summed E-state index contributed by atoms with van der Waals surface area (Å²) in [6.45, 7) is 0. The van der Waals surface area contributed by atoms with Crippen LogP contribution in [-0.2, 0) is 15.8 Å². The lowest BCUT2D eigenvalue weighted by molar-refractivity contribution is 0.577.